The van der Waals surface area contributed by atoms with Crippen molar-refractivity contribution in [2.24, 2.45) is 5.84 Å². The highest BCUT2D eigenvalue weighted by Gasteiger charge is 1.97. The van der Waals surface area contributed by atoms with E-state index in [1.54, 1.807) is 0 Å². The van der Waals surface area contributed by atoms with Crippen LogP contribution in [0.25, 0.3) is 0 Å². The topological polar surface area (TPSA) is 38.0 Å². The standard InChI is InChI=1S/C6H12N2/c1-3-5-6(4-2)8-7/h1,6,8H,4-5,7H2,2H3. The lowest BCUT2D eigenvalue weighted by Crippen LogP contribution is -2.33. The first-order valence-corrected chi connectivity index (χ1v) is 2.74. The zero-order valence-corrected chi connectivity index (χ0v) is 5.15. The monoisotopic (exact) mass is 112 g/mol. The van der Waals surface area contributed by atoms with Crippen LogP contribution in [0.5, 0.6) is 0 Å². The fourth-order valence-electron chi connectivity index (χ4n) is 0.463. The van der Waals surface area contributed by atoms with Gasteiger partial charge in [0.2, 0.25) is 0 Å². The Labute approximate surface area is 50.4 Å². The van der Waals surface area contributed by atoms with Crippen molar-refractivity contribution >= 4 is 0 Å². The van der Waals surface area contributed by atoms with E-state index in [1.165, 1.54) is 0 Å². The molecule has 0 spiro atoms. The summed E-state index contributed by atoms with van der Waals surface area (Å²) in [6, 6.07) is 0.292. The molecular weight excluding hydrogens is 100 g/mol. The van der Waals surface area contributed by atoms with Crippen molar-refractivity contribution in [2.45, 2.75) is 25.8 Å². The van der Waals surface area contributed by atoms with Crippen LogP contribution in [0, 0.1) is 12.3 Å². The zero-order chi connectivity index (χ0) is 6.41. The van der Waals surface area contributed by atoms with Gasteiger partial charge >= 0.3 is 0 Å². The molecule has 0 saturated heterocycles. The molecule has 3 N–H and O–H groups in total. The van der Waals surface area contributed by atoms with Crippen LogP contribution in [0.3, 0.4) is 0 Å². The van der Waals surface area contributed by atoms with Crippen molar-refractivity contribution in [1.29, 1.82) is 0 Å². The summed E-state index contributed by atoms with van der Waals surface area (Å²) in [5.74, 6) is 7.65. The van der Waals surface area contributed by atoms with Gasteiger partial charge in [-0.15, -0.1) is 12.3 Å². The van der Waals surface area contributed by atoms with Gasteiger partial charge in [-0.3, -0.25) is 11.3 Å². The van der Waals surface area contributed by atoms with Crippen molar-refractivity contribution in [3.05, 3.63) is 0 Å². The van der Waals surface area contributed by atoms with Crippen molar-refractivity contribution in [2.75, 3.05) is 0 Å². The van der Waals surface area contributed by atoms with Crippen LogP contribution < -0.4 is 11.3 Å². The molecule has 0 bridgehead atoms. The molecule has 46 valence electrons. The molecule has 0 radical (unpaired) electrons. The number of terminal acetylenes is 1. The van der Waals surface area contributed by atoms with E-state index in [2.05, 4.69) is 11.3 Å². The smallest absolute Gasteiger partial charge is 0.0317 e. The van der Waals surface area contributed by atoms with E-state index < -0.39 is 0 Å². The Kier molecular flexibility index (Phi) is 4.33. The highest BCUT2D eigenvalue weighted by atomic mass is 15.2. The van der Waals surface area contributed by atoms with Crippen LogP contribution in [-0.4, -0.2) is 6.04 Å². The van der Waals surface area contributed by atoms with Crippen molar-refractivity contribution in [3.8, 4) is 12.3 Å². The van der Waals surface area contributed by atoms with E-state index in [0.29, 0.717) is 12.5 Å². The van der Waals surface area contributed by atoms with E-state index in [0.717, 1.165) is 6.42 Å². The van der Waals surface area contributed by atoms with E-state index in [9.17, 15) is 0 Å². The molecule has 1 atom stereocenters. The van der Waals surface area contributed by atoms with Gasteiger partial charge in [-0.25, -0.2) is 0 Å². The molecule has 0 rings (SSSR count). The molecule has 0 aliphatic heterocycles. The highest BCUT2D eigenvalue weighted by molar-refractivity contribution is 4.88. The van der Waals surface area contributed by atoms with Gasteiger partial charge in [0, 0.05) is 12.5 Å². The first-order chi connectivity index (χ1) is 3.85. The summed E-state index contributed by atoms with van der Waals surface area (Å²) >= 11 is 0. The second-order valence-corrected chi connectivity index (χ2v) is 1.68. The average Bonchev–Trinajstić information content (AvgIpc) is 1.83. The Morgan fingerprint density at radius 2 is 2.50 bits per heavy atom. The Hall–Kier alpha value is -0.520. The molecule has 1 unspecified atom stereocenters. The first kappa shape index (κ1) is 7.48. The van der Waals surface area contributed by atoms with Gasteiger partial charge in [-0.05, 0) is 6.42 Å². The third-order valence-corrected chi connectivity index (χ3v) is 1.09. The number of hydrogen-bond donors (Lipinski definition) is 2. The molecule has 0 aromatic carbocycles. The van der Waals surface area contributed by atoms with Gasteiger partial charge in [0.05, 0.1) is 0 Å². The SMILES string of the molecule is C#CCC(CC)NN. The number of hydrazine groups is 1. The molecule has 0 fully saturated rings. The minimum absolute atomic E-state index is 0.292. The van der Waals surface area contributed by atoms with Gasteiger partial charge in [0.15, 0.2) is 0 Å². The van der Waals surface area contributed by atoms with Crippen LogP contribution in [-0.2, 0) is 0 Å². The molecular formula is C6H12N2. The van der Waals surface area contributed by atoms with Crippen LogP contribution in [0.2, 0.25) is 0 Å². The summed E-state index contributed by atoms with van der Waals surface area (Å²) < 4.78 is 0. The second-order valence-electron chi connectivity index (χ2n) is 1.68. The quantitative estimate of drug-likeness (QED) is 0.312. The van der Waals surface area contributed by atoms with Gasteiger partial charge in [-0.2, -0.15) is 0 Å². The maximum atomic E-state index is 5.12. The van der Waals surface area contributed by atoms with E-state index in [-0.39, 0.29) is 0 Å². The van der Waals surface area contributed by atoms with Gasteiger partial charge in [0.1, 0.15) is 0 Å². The van der Waals surface area contributed by atoms with Crippen LogP contribution in [0.4, 0.5) is 0 Å². The predicted molar refractivity (Wildman–Crippen MR) is 34.9 cm³/mol. The summed E-state index contributed by atoms with van der Waals surface area (Å²) in [6.07, 6.45) is 6.74. The highest BCUT2D eigenvalue weighted by Crippen LogP contribution is 1.91. The summed E-state index contributed by atoms with van der Waals surface area (Å²) in [5.41, 5.74) is 2.61. The molecule has 0 heterocycles. The maximum Gasteiger partial charge on any atom is 0.0317 e. The number of nitrogens with one attached hydrogen (secondary N) is 1. The van der Waals surface area contributed by atoms with Crippen molar-refractivity contribution < 1.29 is 0 Å². The lowest BCUT2D eigenvalue weighted by molar-refractivity contribution is 0.525. The number of rotatable bonds is 3. The maximum absolute atomic E-state index is 5.12. The largest absolute Gasteiger partial charge is 0.271 e. The second kappa shape index (κ2) is 4.63. The lowest BCUT2D eigenvalue weighted by Gasteiger charge is -2.07. The third kappa shape index (κ3) is 2.62. The van der Waals surface area contributed by atoms with Gasteiger partial charge < -0.3 is 0 Å². The molecule has 2 nitrogen and oxygen atoms in total. The molecule has 8 heavy (non-hydrogen) atoms. The number of nitrogens with two attached hydrogens (primary N) is 1. The molecule has 0 aromatic rings. The van der Waals surface area contributed by atoms with Gasteiger partial charge in [0.25, 0.3) is 0 Å². The van der Waals surface area contributed by atoms with E-state index in [4.69, 9.17) is 12.3 Å². The molecule has 0 aromatic heterocycles. The lowest BCUT2D eigenvalue weighted by atomic mass is 10.2. The van der Waals surface area contributed by atoms with Gasteiger partial charge in [-0.1, -0.05) is 6.92 Å². The fourth-order valence-corrected chi connectivity index (χ4v) is 0.463. The Morgan fingerprint density at radius 1 is 1.88 bits per heavy atom. The zero-order valence-electron chi connectivity index (χ0n) is 5.15. The fraction of sp³-hybridized carbons (Fsp3) is 0.667. The number of hydrogen-bond acceptors (Lipinski definition) is 2. The molecule has 2 heteroatoms. The summed E-state index contributed by atoms with van der Waals surface area (Å²) in [7, 11) is 0. The van der Waals surface area contributed by atoms with Crippen LogP contribution in [0.1, 0.15) is 19.8 Å². The molecule has 0 saturated carbocycles. The minimum atomic E-state index is 0.292. The summed E-state index contributed by atoms with van der Waals surface area (Å²) in [5, 5.41) is 0. The van der Waals surface area contributed by atoms with E-state index in [1.807, 2.05) is 6.92 Å². The minimum Gasteiger partial charge on any atom is -0.271 e. The molecule has 0 aliphatic carbocycles. The summed E-state index contributed by atoms with van der Waals surface area (Å²) in [4.78, 5) is 0. The first-order valence-electron chi connectivity index (χ1n) is 2.74. The van der Waals surface area contributed by atoms with E-state index >= 15 is 0 Å². The normalized spacial score (nSPS) is 12.6. The Balaban J connectivity index is 3.25. The van der Waals surface area contributed by atoms with Crippen LogP contribution >= 0.6 is 0 Å². The third-order valence-electron chi connectivity index (χ3n) is 1.09. The molecule has 0 amide bonds. The Morgan fingerprint density at radius 3 is 2.62 bits per heavy atom. The van der Waals surface area contributed by atoms with Crippen molar-refractivity contribution in [3.63, 3.8) is 0 Å². The Bertz CT molecular complexity index is 79.0. The van der Waals surface area contributed by atoms with Crippen LogP contribution in [0.15, 0.2) is 0 Å². The average molecular weight is 112 g/mol. The summed E-state index contributed by atoms with van der Waals surface area (Å²) in [6.45, 7) is 2.04. The molecule has 0 aliphatic rings. The predicted octanol–water partition coefficient (Wildman–Crippen LogP) is 0.252. The van der Waals surface area contributed by atoms with Crippen molar-refractivity contribution in [1.82, 2.24) is 5.43 Å².